The molecule has 0 radical (unpaired) electrons. The van der Waals surface area contributed by atoms with E-state index in [1.54, 1.807) is 0 Å². The van der Waals surface area contributed by atoms with Crippen LogP contribution in [-0.2, 0) is 21.4 Å². The van der Waals surface area contributed by atoms with Gasteiger partial charge in [0.05, 0.1) is 0 Å². The molecule has 2 aliphatic rings. The number of carbonyl (C=O) groups excluding carboxylic acids is 2. The first kappa shape index (κ1) is 18.9. The number of hydrogen-bond acceptors (Lipinski definition) is 3. The Balaban J connectivity index is 1.40. The van der Waals surface area contributed by atoms with Crippen LogP contribution in [0.5, 0.6) is 0 Å². The van der Waals surface area contributed by atoms with Crippen molar-refractivity contribution in [1.29, 1.82) is 0 Å². The number of aryl methyl sites for hydroxylation is 1. The van der Waals surface area contributed by atoms with E-state index < -0.39 is 11.7 Å². The van der Waals surface area contributed by atoms with Gasteiger partial charge < -0.3 is 10.1 Å². The zero-order chi connectivity index (χ0) is 18.8. The Kier molecular flexibility index (Phi) is 5.40. The van der Waals surface area contributed by atoms with E-state index in [1.165, 1.54) is 30.4 Å². The van der Waals surface area contributed by atoms with E-state index in [2.05, 4.69) is 29.6 Å². The maximum Gasteiger partial charge on any atom is 0.407 e. The second kappa shape index (κ2) is 7.42. The highest BCUT2D eigenvalue weighted by atomic mass is 16.6. The van der Waals surface area contributed by atoms with Crippen LogP contribution in [0, 0.1) is 5.92 Å². The lowest BCUT2D eigenvalue weighted by Crippen LogP contribution is -2.33. The average Bonchev–Trinajstić information content (AvgIpc) is 3.23. The molecule has 1 aromatic carbocycles. The fraction of sp³-hybridized carbons (Fsp3) is 0.636. The van der Waals surface area contributed by atoms with Crippen LogP contribution in [0.1, 0.15) is 70.4 Å². The maximum atomic E-state index is 12.4. The molecule has 1 aromatic rings. The third kappa shape index (κ3) is 4.46. The van der Waals surface area contributed by atoms with E-state index >= 15 is 0 Å². The monoisotopic (exact) mass is 357 g/mol. The van der Waals surface area contributed by atoms with Crippen molar-refractivity contribution in [3.05, 3.63) is 35.4 Å². The molecule has 1 amide bonds. The molecule has 1 spiro atoms. The number of ether oxygens (including phenoxy) is 1. The van der Waals surface area contributed by atoms with Crippen molar-refractivity contribution in [2.75, 3.05) is 6.54 Å². The molecular weight excluding hydrogens is 326 g/mol. The summed E-state index contributed by atoms with van der Waals surface area (Å²) in [6, 6.07) is 8.77. The summed E-state index contributed by atoms with van der Waals surface area (Å²) in [5.41, 5.74) is 2.77. The number of nitrogens with one attached hydrogen (secondary N) is 1. The number of ketones is 1. The number of alkyl carbamates (subject to hydrolysis) is 1. The first-order chi connectivity index (χ1) is 12.3. The van der Waals surface area contributed by atoms with Crippen molar-refractivity contribution in [2.24, 2.45) is 5.92 Å². The first-order valence-corrected chi connectivity index (χ1v) is 9.87. The van der Waals surface area contributed by atoms with Crippen molar-refractivity contribution in [3.63, 3.8) is 0 Å². The largest absolute Gasteiger partial charge is 0.444 e. The lowest BCUT2D eigenvalue weighted by Gasteiger charge is -2.26. The lowest BCUT2D eigenvalue weighted by molar-refractivity contribution is -0.119. The van der Waals surface area contributed by atoms with Gasteiger partial charge in [0.25, 0.3) is 0 Å². The fourth-order valence-corrected chi connectivity index (χ4v) is 4.40. The van der Waals surface area contributed by atoms with Crippen LogP contribution >= 0.6 is 0 Å². The van der Waals surface area contributed by atoms with Gasteiger partial charge >= 0.3 is 6.09 Å². The van der Waals surface area contributed by atoms with Crippen LogP contribution in [0.4, 0.5) is 4.79 Å². The van der Waals surface area contributed by atoms with Crippen LogP contribution in [0.2, 0.25) is 0 Å². The van der Waals surface area contributed by atoms with E-state index in [0.717, 1.165) is 6.42 Å². The van der Waals surface area contributed by atoms with E-state index in [9.17, 15) is 9.59 Å². The molecule has 0 saturated heterocycles. The highest BCUT2D eigenvalue weighted by molar-refractivity contribution is 5.79. The van der Waals surface area contributed by atoms with E-state index in [0.29, 0.717) is 37.5 Å². The molecule has 4 heteroatoms. The summed E-state index contributed by atoms with van der Waals surface area (Å²) in [6.45, 7) is 6.00. The summed E-state index contributed by atoms with van der Waals surface area (Å²) in [4.78, 5) is 24.0. The SMILES string of the molecule is CC(C)(C)OC(=O)NCCCC(=O)CC1CC12CCCc1ccccc12. The van der Waals surface area contributed by atoms with Gasteiger partial charge in [-0.25, -0.2) is 4.79 Å². The first-order valence-electron chi connectivity index (χ1n) is 9.87. The van der Waals surface area contributed by atoms with Gasteiger partial charge in [-0.15, -0.1) is 0 Å². The minimum absolute atomic E-state index is 0.277. The molecular formula is C22H31NO3. The van der Waals surface area contributed by atoms with Crippen LogP contribution in [-0.4, -0.2) is 24.0 Å². The maximum absolute atomic E-state index is 12.4. The topological polar surface area (TPSA) is 55.4 Å². The Bertz CT molecular complexity index is 676. The van der Waals surface area contributed by atoms with Gasteiger partial charge in [0.1, 0.15) is 11.4 Å². The second-order valence-corrected chi connectivity index (χ2v) is 8.84. The van der Waals surface area contributed by atoms with Gasteiger partial charge in [-0.3, -0.25) is 4.79 Å². The summed E-state index contributed by atoms with van der Waals surface area (Å²) in [6.07, 6.45) is 6.27. The third-order valence-corrected chi connectivity index (χ3v) is 5.63. The molecule has 4 nitrogen and oxygen atoms in total. The Hall–Kier alpha value is -1.84. The van der Waals surface area contributed by atoms with Crippen LogP contribution in [0.15, 0.2) is 24.3 Å². The summed E-state index contributed by atoms with van der Waals surface area (Å²) in [7, 11) is 0. The molecule has 1 saturated carbocycles. The van der Waals surface area contributed by atoms with E-state index in [4.69, 9.17) is 4.74 Å². The van der Waals surface area contributed by atoms with Crippen LogP contribution < -0.4 is 5.32 Å². The quantitative estimate of drug-likeness (QED) is 0.760. The fourth-order valence-electron chi connectivity index (χ4n) is 4.40. The number of rotatable bonds is 6. The third-order valence-electron chi connectivity index (χ3n) is 5.63. The summed E-state index contributed by atoms with van der Waals surface area (Å²) >= 11 is 0. The molecule has 1 N–H and O–H groups in total. The van der Waals surface area contributed by atoms with Crippen molar-refractivity contribution < 1.29 is 14.3 Å². The number of hydrogen-bond donors (Lipinski definition) is 1. The molecule has 3 rings (SSSR count). The van der Waals surface area contributed by atoms with Crippen molar-refractivity contribution in [3.8, 4) is 0 Å². The van der Waals surface area contributed by atoms with Gasteiger partial charge in [-0.05, 0) is 75.3 Å². The number of carbonyl (C=O) groups is 2. The van der Waals surface area contributed by atoms with Crippen molar-refractivity contribution in [2.45, 2.75) is 76.7 Å². The Morgan fingerprint density at radius 1 is 1.27 bits per heavy atom. The Morgan fingerprint density at radius 2 is 2.04 bits per heavy atom. The lowest BCUT2D eigenvalue weighted by atomic mass is 9.78. The van der Waals surface area contributed by atoms with E-state index in [1.807, 2.05) is 20.8 Å². The molecule has 2 unspecified atom stereocenters. The van der Waals surface area contributed by atoms with Crippen LogP contribution in [0.25, 0.3) is 0 Å². The van der Waals surface area contributed by atoms with Crippen molar-refractivity contribution in [1.82, 2.24) is 5.32 Å². The highest BCUT2D eigenvalue weighted by Gasteiger charge is 2.56. The average molecular weight is 357 g/mol. The van der Waals surface area contributed by atoms with Crippen molar-refractivity contribution >= 4 is 11.9 Å². The van der Waals surface area contributed by atoms with Gasteiger partial charge in [0.15, 0.2) is 0 Å². The van der Waals surface area contributed by atoms with E-state index in [-0.39, 0.29) is 5.41 Å². The zero-order valence-corrected chi connectivity index (χ0v) is 16.3. The molecule has 0 heterocycles. The smallest absolute Gasteiger partial charge is 0.407 e. The van der Waals surface area contributed by atoms with Crippen LogP contribution in [0.3, 0.4) is 0 Å². The normalized spacial score (nSPS) is 24.0. The highest BCUT2D eigenvalue weighted by Crippen LogP contribution is 2.61. The summed E-state index contributed by atoms with van der Waals surface area (Å²) < 4.78 is 5.19. The Labute approximate surface area is 156 Å². The summed E-state index contributed by atoms with van der Waals surface area (Å²) in [5.74, 6) is 0.830. The predicted molar refractivity (Wildman–Crippen MR) is 102 cm³/mol. The standard InChI is InChI=1S/C22H31NO3/c1-21(2,3)26-20(25)23-13-7-10-18(24)14-17-15-22(17)12-6-9-16-8-4-5-11-19(16)22/h4-5,8,11,17H,6-7,9-10,12-15H2,1-3H3,(H,23,25). The molecule has 142 valence electrons. The molecule has 0 aromatic heterocycles. The molecule has 0 bridgehead atoms. The molecule has 2 aliphatic carbocycles. The summed E-state index contributed by atoms with van der Waals surface area (Å²) in [5, 5.41) is 2.72. The number of fused-ring (bicyclic) bond motifs is 2. The number of Topliss-reactive ketones (excluding diaryl/α,β-unsaturated/α-hetero) is 1. The molecule has 0 aliphatic heterocycles. The minimum Gasteiger partial charge on any atom is -0.444 e. The zero-order valence-electron chi connectivity index (χ0n) is 16.3. The Morgan fingerprint density at radius 3 is 2.81 bits per heavy atom. The predicted octanol–water partition coefficient (Wildman–Crippen LogP) is 4.54. The van der Waals surface area contributed by atoms with Gasteiger partial charge in [-0.2, -0.15) is 0 Å². The van der Waals surface area contributed by atoms with Gasteiger partial charge in [-0.1, -0.05) is 24.3 Å². The van der Waals surface area contributed by atoms with Gasteiger partial charge in [0, 0.05) is 19.4 Å². The number of amides is 1. The minimum atomic E-state index is -0.490. The van der Waals surface area contributed by atoms with Gasteiger partial charge in [0.2, 0.25) is 0 Å². The second-order valence-electron chi connectivity index (χ2n) is 8.84. The number of benzene rings is 1. The molecule has 2 atom stereocenters. The molecule has 26 heavy (non-hydrogen) atoms. The molecule has 1 fully saturated rings.